The monoisotopic (exact) mass is 301 g/mol. The summed E-state index contributed by atoms with van der Waals surface area (Å²) in [4.78, 5) is 24.5. The van der Waals surface area contributed by atoms with Gasteiger partial charge in [0, 0.05) is 16.7 Å². The molecular formula is C16H15NO3S. The minimum Gasteiger partial charge on any atom is -0.283 e. The van der Waals surface area contributed by atoms with E-state index in [0.29, 0.717) is 10.5 Å². The Morgan fingerprint density at radius 1 is 0.952 bits per heavy atom. The Morgan fingerprint density at radius 2 is 1.52 bits per heavy atom. The minimum atomic E-state index is -2.92. The molecule has 0 saturated heterocycles. The second-order valence-corrected chi connectivity index (χ2v) is 6.92. The zero-order valence-electron chi connectivity index (χ0n) is 11.8. The van der Waals surface area contributed by atoms with E-state index in [-0.39, 0.29) is 5.56 Å². The van der Waals surface area contributed by atoms with Crippen molar-refractivity contribution in [3.8, 4) is 0 Å². The Kier molecular flexibility index (Phi) is 4.33. The number of rotatable bonds is 3. The first kappa shape index (κ1) is 15.1. The third kappa shape index (κ3) is 3.44. The van der Waals surface area contributed by atoms with Crippen molar-refractivity contribution in [1.82, 2.24) is 0 Å². The van der Waals surface area contributed by atoms with Gasteiger partial charge in [0.25, 0.3) is 5.78 Å². The molecule has 1 atom stereocenters. The molecule has 0 aliphatic rings. The van der Waals surface area contributed by atoms with Gasteiger partial charge in [-0.15, -0.1) is 0 Å². The van der Waals surface area contributed by atoms with Crippen LogP contribution in [0, 0.1) is 6.92 Å². The van der Waals surface area contributed by atoms with Gasteiger partial charge in [0.15, 0.2) is 0 Å². The van der Waals surface area contributed by atoms with Crippen molar-refractivity contribution in [2.24, 2.45) is 4.36 Å². The zero-order chi connectivity index (χ0) is 15.5. The van der Waals surface area contributed by atoms with Crippen molar-refractivity contribution < 1.29 is 13.8 Å². The minimum absolute atomic E-state index is 0.287. The summed E-state index contributed by atoms with van der Waals surface area (Å²) in [5.74, 6) is -1.72. The van der Waals surface area contributed by atoms with Gasteiger partial charge in [0.05, 0.1) is 9.73 Å². The number of aryl methyl sites for hydroxylation is 1. The molecule has 1 unspecified atom stereocenters. The Labute approximate surface area is 124 Å². The number of ketones is 1. The quantitative estimate of drug-likeness (QED) is 0.647. The van der Waals surface area contributed by atoms with Gasteiger partial charge in [0.1, 0.15) is 0 Å². The second kappa shape index (κ2) is 6.01. The highest BCUT2D eigenvalue weighted by Crippen LogP contribution is 2.13. The fourth-order valence-corrected chi connectivity index (χ4v) is 3.04. The Bertz CT molecular complexity index is 803. The van der Waals surface area contributed by atoms with Crippen LogP contribution in [0.3, 0.4) is 0 Å². The lowest BCUT2D eigenvalue weighted by Gasteiger charge is -2.04. The predicted molar refractivity (Wildman–Crippen MR) is 81.7 cm³/mol. The van der Waals surface area contributed by atoms with E-state index < -0.39 is 21.4 Å². The molecule has 2 rings (SSSR count). The van der Waals surface area contributed by atoms with Crippen molar-refractivity contribution in [3.05, 3.63) is 65.7 Å². The number of hydrogen-bond acceptors (Lipinski definition) is 3. The first-order valence-electron chi connectivity index (χ1n) is 6.33. The Hall–Kier alpha value is -2.27. The summed E-state index contributed by atoms with van der Waals surface area (Å²) < 4.78 is 16.1. The molecule has 0 heterocycles. The maximum atomic E-state index is 12.5. The maximum absolute atomic E-state index is 12.5. The molecule has 108 valence electrons. The summed E-state index contributed by atoms with van der Waals surface area (Å²) >= 11 is 0. The van der Waals surface area contributed by atoms with Crippen LogP contribution < -0.4 is 0 Å². The van der Waals surface area contributed by atoms with Gasteiger partial charge in [-0.05, 0) is 24.6 Å². The van der Waals surface area contributed by atoms with Crippen molar-refractivity contribution in [1.29, 1.82) is 0 Å². The number of carbonyl (C=O) groups is 2. The first-order chi connectivity index (χ1) is 9.92. The molecule has 2 aromatic rings. The van der Waals surface area contributed by atoms with Gasteiger partial charge in [-0.3, -0.25) is 9.59 Å². The van der Waals surface area contributed by atoms with Crippen molar-refractivity contribution in [2.45, 2.75) is 11.8 Å². The van der Waals surface area contributed by atoms with Crippen LogP contribution in [-0.4, -0.2) is 22.2 Å². The van der Waals surface area contributed by atoms with Gasteiger partial charge in [0.2, 0.25) is 0 Å². The van der Waals surface area contributed by atoms with E-state index in [1.54, 1.807) is 61.5 Å². The van der Waals surface area contributed by atoms with E-state index >= 15 is 0 Å². The van der Waals surface area contributed by atoms with Crippen LogP contribution in [0.4, 0.5) is 0 Å². The van der Waals surface area contributed by atoms with Crippen LogP contribution in [0.25, 0.3) is 0 Å². The normalized spacial score (nSPS) is 13.2. The van der Waals surface area contributed by atoms with Crippen molar-refractivity contribution in [3.63, 3.8) is 0 Å². The summed E-state index contributed by atoms with van der Waals surface area (Å²) in [5.41, 5.74) is 0.975. The summed E-state index contributed by atoms with van der Waals surface area (Å²) in [6.07, 6.45) is 1.35. The van der Waals surface area contributed by atoms with E-state index in [0.717, 1.165) is 0 Å². The Balaban J connectivity index is 2.38. The molecule has 2 aromatic carbocycles. The molecule has 0 fully saturated rings. The number of nitrogens with zero attached hydrogens (tertiary/aromatic N) is 1. The summed E-state index contributed by atoms with van der Waals surface area (Å²) in [5, 5.41) is 0. The summed E-state index contributed by atoms with van der Waals surface area (Å²) in [6.45, 7) is 1.74. The molecule has 0 N–H and O–H groups in total. The smallest absolute Gasteiger partial charge is 0.283 e. The number of benzene rings is 2. The third-order valence-corrected chi connectivity index (χ3v) is 4.68. The lowest BCUT2D eigenvalue weighted by atomic mass is 10.1. The molecule has 1 amide bonds. The molecule has 21 heavy (non-hydrogen) atoms. The lowest BCUT2D eigenvalue weighted by Crippen LogP contribution is -2.15. The maximum Gasteiger partial charge on any atom is 0.326 e. The van der Waals surface area contributed by atoms with Crippen molar-refractivity contribution >= 4 is 21.4 Å². The summed E-state index contributed by atoms with van der Waals surface area (Å²) in [7, 11) is -2.92. The molecule has 0 spiro atoms. The number of Topliss-reactive ketones (excluding diaryl/α,β-unsaturated/α-hetero) is 1. The van der Waals surface area contributed by atoms with Crippen LogP contribution in [0.2, 0.25) is 0 Å². The van der Waals surface area contributed by atoms with E-state index in [1.807, 2.05) is 0 Å². The Morgan fingerprint density at radius 3 is 2.14 bits per heavy atom. The molecule has 0 bridgehead atoms. The standard InChI is InChI=1S/C16H15NO3S/c1-12-8-6-7-11-14(12)15(18)16(19)17-21(2,20)13-9-4-3-5-10-13/h3-11H,1-2H3. The number of carbonyl (C=O) groups excluding carboxylic acids is 2. The highest BCUT2D eigenvalue weighted by Gasteiger charge is 2.19. The van der Waals surface area contributed by atoms with Gasteiger partial charge >= 0.3 is 5.91 Å². The second-order valence-electron chi connectivity index (χ2n) is 4.66. The first-order valence-corrected chi connectivity index (χ1v) is 8.25. The summed E-state index contributed by atoms with van der Waals surface area (Å²) in [6, 6.07) is 15.2. The molecular weight excluding hydrogens is 286 g/mol. The predicted octanol–water partition coefficient (Wildman–Crippen LogP) is 2.86. The zero-order valence-corrected chi connectivity index (χ0v) is 12.6. The van der Waals surface area contributed by atoms with Crippen LogP contribution >= 0.6 is 0 Å². The molecule has 0 aliphatic carbocycles. The van der Waals surface area contributed by atoms with Gasteiger partial charge in [-0.1, -0.05) is 42.5 Å². The van der Waals surface area contributed by atoms with Crippen molar-refractivity contribution in [2.75, 3.05) is 6.26 Å². The lowest BCUT2D eigenvalue weighted by molar-refractivity contribution is -0.113. The average Bonchev–Trinajstić information content (AvgIpc) is 2.47. The fourth-order valence-electron chi connectivity index (χ4n) is 1.87. The van der Waals surface area contributed by atoms with Gasteiger partial charge in [-0.2, -0.15) is 4.36 Å². The molecule has 0 aromatic heterocycles. The number of amides is 1. The van der Waals surface area contributed by atoms with E-state index in [2.05, 4.69) is 4.36 Å². The molecule has 0 radical (unpaired) electrons. The van der Waals surface area contributed by atoms with Gasteiger partial charge in [-0.25, -0.2) is 4.21 Å². The molecule has 0 aliphatic heterocycles. The fraction of sp³-hybridized carbons (Fsp3) is 0.125. The van der Waals surface area contributed by atoms with Crippen LogP contribution in [-0.2, 0) is 14.5 Å². The SMILES string of the molecule is Cc1ccccc1C(=O)C(=O)N=S(C)(=O)c1ccccc1. The van der Waals surface area contributed by atoms with E-state index in [1.165, 1.54) is 6.26 Å². The number of hydrogen-bond donors (Lipinski definition) is 0. The highest BCUT2D eigenvalue weighted by atomic mass is 32.2. The average molecular weight is 301 g/mol. The molecule has 0 saturated carbocycles. The highest BCUT2D eigenvalue weighted by molar-refractivity contribution is 7.93. The molecule has 5 heteroatoms. The van der Waals surface area contributed by atoms with Gasteiger partial charge < -0.3 is 0 Å². The topological polar surface area (TPSA) is 63.6 Å². The van der Waals surface area contributed by atoms with Crippen LogP contribution in [0.5, 0.6) is 0 Å². The molecule has 4 nitrogen and oxygen atoms in total. The van der Waals surface area contributed by atoms with E-state index in [9.17, 15) is 13.8 Å². The van der Waals surface area contributed by atoms with Crippen LogP contribution in [0.1, 0.15) is 15.9 Å². The third-order valence-electron chi connectivity index (χ3n) is 3.02. The van der Waals surface area contributed by atoms with E-state index in [4.69, 9.17) is 0 Å². The largest absolute Gasteiger partial charge is 0.326 e. The van der Waals surface area contributed by atoms with Crippen LogP contribution in [0.15, 0.2) is 63.9 Å².